The second kappa shape index (κ2) is 7.97. The Morgan fingerprint density at radius 3 is 2.57 bits per heavy atom. The largest absolute Gasteiger partial charge is 0.467 e. The summed E-state index contributed by atoms with van der Waals surface area (Å²) >= 11 is 6.79. The van der Waals surface area contributed by atoms with Gasteiger partial charge in [0.1, 0.15) is 10.1 Å². The summed E-state index contributed by atoms with van der Waals surface area (Å²) in [6.07, 6.45) is 5.66. The zero-order valence-corrected chi connectivity index (χ0v) is 17.7. The van der Waals surface area contributed by atoms with Gasteiger partial charge in [0.2, 0.25) is 0 Å². The maximum absolute atomic E-state index is 13.0. The predicted molar refractivity (Wildman–Crippen MR) is 125 cm³/mol. The van der Waals surface area contributed by atoms with E-state index in [0.29, 0.717) is 21.5 Å². The Morgan fingerprint density at radius 2 is 1.77 bits per heavy atom. The van der Waals surface area contributed by atoms with Crippen molar-refractivity contribution in [3.8, 4) is 0 Å². The molecule has 148 valence electrons. The minimum absolute atomic E-state index is 0.0821. The number of furan rings is 1. The Morgan fingerprint density at radius 1 is 0.967 bits per heavy atom. The van der Waals surface area contributed by atoms with Crippen LogP contribution in [0.1, 0.15) is 16.9 Å². The van der Waals surface area contributed by atoms with E-state index in [4.69, 9.17) is 16.6 Å². The summed E-state index contributed by atoms with van der Waals surface area (Å²) in [6, 6.07) is 22.3. The monoisotopic (exact) mass is 430 g/mol. The molecule has 0 saturated carbocycles. The molecule has 0 atom stereocenters. The van der Waals surface area contributed by atoms with Gasteiger partial charge in [-0.1, -0.05) is 72.5 Å². The highest BCUT2D eigenvalue weighted by atomic mass is 32.2. The highest BCUT2D eigenvalue weighted by molar-refractivity contribution is 8.26. The molecule has 5 rings (SSSR count). The fourth-order valence-corrected chi connectivity index (χ4v) is 4.88. The summed E-state index contributed by atoms with van der Waals surface area (Å²) in [5.74, 6) is 0.633. The Labute approximate surface area is 183 Å². The quantitative estimate of drug-likeness (QED) is 0.301. The Bertz CT molecular complexity index is 1260. The number of benzene rings is 2. The van der Waals surface area contributed by atoms with Crippen molar-refractivity contribution < 1.29 is 9.21 Å². The molecule has 0 bridgehead atoms. The third kappa shape index (κ3) is 3.60. The van der Waals surface area contributed by atoms with Crippen molar-refractivity contribution >= 4 is 51.2 Å². The van der Waals surface area contributed by atoms with E-state index in [-0.39, 0.29) is 5.91 Å². The lowest BCUT2D eigenvalue weighted by Gasteiger charge is -2.11. The second-order valence-electron chi connectivity index (χ2n) is 7.06. The van der Waals surface area contributed by atoms with Gasteiger partial charge in [-0.2, -0.15) is 0 Å². The van der Waals surface area contributed by atoms with Crippen LogP contribution in [0.25, 0.3) is 17.0 Å². The number of thiocarbonyl (C=S) groups is 1. The van der Waals surface area contributed by atoms with E-state index in [2.05, 4.69) is 35.0 Å². The molecule has 3 heterocycles. The van der Waals surface area contributed by atoms with Crippen molar-refractivity contribution in [2.75, 3.05) is 0 Å². The minimum atomic E-state index is -0.0821. The Hall–Kier alpha value is -3.09. The summed E-state index contributed by atoms with van der Waals surface area (Å²) in [4.78, 5) is 15.2. The number of aromatic nitrogens is 1. The van der Waals surface area contributed by atoms with Crippen LogP contribution in [0.5, 0.6) is 0 Å². The fourth-order valence-electron chi connectivity index (χ4n) is 3.64. The van der Waals surface area contributed by atoms with Gasteiger partial charge in [-0.25, -0.2) is 0 Å². The number of rotatable bonds is 5. The SMILES string of the molecule is O=C1/C(=C/c2cn(Cc3ccccc3)c3ccccc23)SC(=S)N1Cc1ccco1. The Balaban J connectivity index is 1.48. The van der Waals surface area contributed by atoms with E-state index < -0.39 is 0 Å². The first-order chi connectivity index (χ1) is 14.7. The highest BCUT2D eigenvalue weighted by Gasteiger charge is 2.32. The van der Waals surface area contributed by atoms with Crippen LogP contribution in [0.4, 0.5) is 0 Å². The summed E-state index contributed by atoms with van der Waals surface area (Å²) in [5, 5.41) is 1.12. The lowest BCUT2D eigenvalue weighted by molar-refractivity contribution is -0.122. The summed E-state index contributed by atoms with van der Waals surface area (Å²) < 4.78 is 8.15. The topological polar surface area (TPSA) is 38.4 Å². The van der Waals surface area contributed by atoms with Gasteiger partial charge in [-0.05, 0) is 29.8 Å². The molecule has 4 aromatic rings. The van der Waals surface area contributed by atoms with Gasteiger partial charge in [0.15, 0.2) is 0 Å². The van der Waals surface area contributed by atoms with Gasteiger partial charge < -0.3 is 8.98 Å². The molecule has 2 aromatic carbocycles. The van der Waals surface area contributed by atoms with E-state index >= 15 is 0 Å². The molecule has 30 heavy (non-hydrogen) atoms. The van der Waals surface area contributed by atoms with Crippen molar-refractivity contribution in [2.24, 2.45) is 0 Å². The third-order valence-corrected chi connectivity index (χ3v) is 6.45. The molecule has 1 aliphatic heterocycles. The normalized spacial score (nSPS) is 15.6. The summed E-state index contributed by atoms with van der Waals surface area (Å²) in [5.41, 5.74) is 3.38. The van der Waals surface area contributed by atoms with Crippen molar-refractivity contribution in [2.45, 2.75) is 13.1 Å². The van der Waals surface area contributed by atoms with Crippen molar-refractivity contribution in [1.29, 1.82) is 0 Å². The second-order valence-corrected chi connectivity index (χ2v) is 8.74. The van der Waals surface area contributed by atoms with Crippen LogP contribution in [0, 0.1) is 0 Å². The molecule has 0 N–H and O–H groups in total. The predicted octanol–water partition coefficient (Wildman–Crippen LogP) is 5.68. The van der Waals surface area contributed by atoms with Gasteiger partial charge in [0, 0.05) is 29.2 Å². The molecule has 1 saturated heterocycles. The third-order valence-electron chi connectivity index (χ3n) is 5.07. The number of hydrogen-bond acceptors (Lipinski definition) is 4. The van der Waals surface area contributed by atoms with Crippen LogP contribution in [-0.2, 0) is 17.9 Å². The van der Waals surface area contributed by atoms with Crippen LogP contribution < -0.4 is 0 Å². The number of amides is 1. The molecule has 0 radical (unpaired) electrons. The first-order valence-corrected chi connectivity index (χ1v) is 10.8. The zero-order valence-electron chi connectivity index (χ0n) is 16.0. The summed E-state index contributed by atoms with van der Waals surface area (Å²) in [6.45, 7) is 1.12. The molecule has 1 aliphatic rings. The molecule has 1 fully saturated rings. The van der Waals surface area contributed by atoms with Crippen LogP contribution in [-0.4, -0.2) is 19.7 Å². The lowest BCUT2D eigenvalue weighted by atomic mass is 10.1. The molecule has 6 heteroatoms. The van der Waals surface area contributed by atoms with Crippen LogP contribution in [0.3, 0.4) is 0 Å². The van der Waals surface area contributed by atoms with Gasteiger partial charge in [-0.3, -0.25) is 9.69 Å². The smallest absolute Gasteiger partial charge is 0.266 e. The average Bonchev–Trinajstić information content (AvgIpc) is 3.46. The van der Waals surface area contributed by atoms with Crippen LogP contribution >= 0.6 is 24.0 Å². The first-order valence-electron chi connectivity index (χ1n) is 9.58. The van der Waals surface area contributed by atoms with E-state index in [1.54, 1.807) is 11.2 Å². The number of thioether (sulfide) groups is 1. The number of nitrogens with zero attached hydrogens (tertiary/aromatic N) is 2. The number of carbonyl (C=O) groups excluding carboxylic acids is 1. The fraction of sp³-hybridized carbons (Fsp3) is 0.0833. The van der Waals surface area contributed by atoms with Crippen molar-refractivity contribution in [1.82, 2.24) is 9.47 Å². The van der Waals surface area contributed by atoms with Crippen molar-refractivity contribution in [3.05, 3.63) is 101 Å². The number of para-hydroxylation sites is 1. The molecular formula is C24H18N2O2S2. The number of carbonyl (C=O) groups is 1. The van der Waals surface area contributed by atoms with E-state index in [1.165, 1.54) is 17.3 Å². The Kier molecular flexibility index (Phi) is 5.02. The van der Waals surface area contributed by atoms with E-state index in [1.807, 2.05) is 48.5 Å². The number of fused-ring (bicyclic) bond motifs is 1. The van der Waals surface area contributed by atoms with E-state index in [0.717, 1.165) is 23.0 Å². The lowest BCUT2D eigenvalue weighted by Crippen LogP contribution is -2.27. The van der Waals surface area contributed by atoms with Gasteiger partial charge in [-0.15, -0.1) is 0 Å². The molecule has 2 aromatic heterocycles. The molecule has 0 spiro atoms. The molecule has 0 aliphatic carbocycles. The van der Waals surface area contributed by atoms with Crippen LogP contribution in [0.15, 0.2) is 88.5 Å². The van der Waals surface area contributed by atoms with Gasteiger partial charge in [0.05, 0.1) is 17.7 Å². The molecular weight excluding hydrogens is 412 g/mol. The van der Waals surface area contributed by atoms with E-state index in [9.17, 15) is 4.79 Å². The van der Waals surface area contributed by atoms with Crippen molar-refractivity contribution in [3.63, 3.8) is 0 Å². The van der Waals surface area contributed by atoms with Crippen LogP contribution in [0.2, 0.25) is 0 Å². The molecule has 1 amide bonds. The maximum atomic E-state index is 13.0. The maximum Gasteiger partial charge on any atom is 0.266 e. The minimum Gasteiger partial charge on any atom is -0.467 e. The van der Waals surface area contributed by atoms with Gasteiger partial charge in [0.25, 0.3) is 5.91 Å². The average molecular weight is 431 g/mol. The molecule has 4 nitrogen and oxygen atoms in total. The number of hydrogen-bond donors (Lipinski definition) is 0. The highest BCUT2D eigenvalue weighted by Crippen LogP contribution is 2.35. The first kappa shape index (κ1) is 18.9. The molecule has 0 unspecified atom stereocenters. The standard InChI is InChI=1S/C24H18N2O2S2/c27-23-22(30-24(29)26(23)16-19-9-6-12-28-19)13-18-15-25(14-17-7-2-1-3-8-17)21-11-5-4-10-20(18)21/h1-13,15H,14,16H2/b22-13-. The zero-order chi connectivity index (χ0) is 20.5. The summed E-state index contributed by atoms with van der Waals surface area (Å²) in [7, 11) is 0. The van der Waals surface area contributed by atoms with Gasteiger partial charge >= 0.3 is 0 Å².